The van der Waals surface area contributed by atoms with Crippen molar-refractivity contribution in [2.24, 2.45) is 18.7 Å². The van der Waals surface area contributed by atoms with E-state index in [1.807, 2.05) is 0 Å². The van der Waals surface area contributed by atoms with E-state index in [9.17, 15) is 0 Å². The molecular formula is C14H17BrN2. The number of nitrogens with two attached hydrogens (primary N) is 1. The monoisotopic (exact) mass is 292 g/mol. The second-order valence-corrected chi connectivity index (χ2v) is 5.91. The minimum absolute atomic E-state index is 0.659. The van der Waals surface area contributed by atoms with Crippen molar-refractivity contribution in [2.75, 3.05) is 6.54 Å². The highest BCUT2D eigenvalue weighted by Crippen LogP contribution is 2.34. The van der Waals surface area contributed by atoms with Crippen molar-refractivity contribution in [1.29, 1.82) is 0 Å². The third kappa shape index (κ3) is 1.72. The van der Waals surface area contributed by atoms with E-state index in [1.165, 1.54) is 35.0 Å². The Morgan fingerprint density at radius 2 is 2.29 bits per heavy atom. The molecule has 1 aromatic carbocycles. The summed E-state index contributed by atoms with van der Waals surface area (Å²) in [6.45, 7) is 0.809. The van der Waals surface area contributed by atoms with Crippen LogP contribution in [0.5, 0.6) is 0 Å². The fraction of sp³-hybridized carbons (Fsp3) is 0.429. The molecule has 0 amide bonds. The lowest BCUT2D eigenvalue weighted by Gasteiger charge is -2.21. The fourth-order valence-electron chi connectivity index (χ4n) is 3.02. The Balaban J connectivity index is 2.23. The first-order chi connectivity index (χ1) is 8.20. The Labute approximate surface area is 110 Å². The summed E-state index contributed by atoms with van der Waals surface area (Å²) in [4.78, 5) is 0. The average Bonchev–Trinajstić information content (AvgIpc) is 2.62. The van der Waals surface area contributed by atoms with Crippen LogP contribution in [0.3, 0.4) is 0 Å². The Morgan fingerprint density at radius 3 is 3.06 bits per heavy atom. The molecule has 2 aromatic rings. The molecular weight excluding hydrogens is 276 g/mol. The first kappa shape index (κ1) is 11.3. The second-order valence-electron chi connectivity index (χ2n) is 4.99. The van der Waals surface area contributed by atoms with Crippen LogP contribution < -0.4 is 5.73 Å². The number of halogens is 1. The molecule has 0 bridgehead atoms. The lowest BCUT2D eigenvalue weighted by molar-refractivity contribution is 0.462. The Bertz CT molecular complexity index is 571. The van der Waals surface area contributed by atoms with E-state index in [-0.39, 0.29) is 0 Å². The number of hydrogen-bond acceptors (Lipinski definition) is 1. The highest BCUT2D eigenvalue weighted by molar-refractivity contribution is 9.10. The maximum absolute atomic E-state index is 5.83. The van der Waals surface area contributed by atoms with Gasteiger partial charge in [0.25, 0.3) is 0 Å². The third-order valence-corrected chi connectivity index (χ3v) is 4.51. The first-order valence-corrected chi connectivity index (χ1v) is 6.95. The van der Waals surface area contributed by atoms with E-state index < -0.39 is 0 Å². The van der Waals surface area contributed by atoms with Crippen molar-refractivity contribution in [3.63, 3.8) is 0 Å². The number of fused-ring (bicyclic) bond motifs is 3. The molecule has 3 heteroatoms. The van der Waals surface area contributed by atoms with Gasteiger partial charge in [-0.1, -0.05) is 15.9 Å². The first-order valence-electron chi connectivity index (χ1n) is 6.16. The summed E-state index contributed by atoms with van der Waals surface area (Å²) in [5.74, 6) is 0.659. The third-order valence-electron chi connectivity index (χ3n) is 4.01. The summed E-state index contributed by atoms with van der Waals surface area (Å²) in [5, 5.41) is 1.40. The average molecular weight is 293 g/mol. The normalized spacial score (nSPS) is 19.6. The molecule has 1 atom stereocenters. The molecule has 0 fully saturated rings. The van der Waals surface area contributed by atoms with Gasteiger partial charge in [0.15, 0.2) is 0 Å². The van der Waals surface area contributed by atoms with Crippen LogP contribution in [0.25, 0.3) is 10.9 Å². The van der Waals surface area contributed by atoms with Crippen molar-refractivity contribution in [3.8, 4) is 0 Å². The van der Waals surface area contributed by atoms with Crippen LogP contribution in [0.1, 0.15) is 17.7 Å². The molecule has 1 aromatic heterocycles. The van der Waals surface area contributed by atoms with Crippen molar-refractivity contribution in [3.05, 3.63) is 33.9 Å². The van der Waals surface area contributed by atoms with Gasteiger partial charge in [-0.05, 0) is 55.5 Å². The summed E-state index contributed by atoms with van der Waals surface area (Å²) in [6.07, 6.45) is 3.54. The quantitative estimate of drug-likeness (QED) is 0.861. The van der Waals surface area contributed by atoms with Gasteiger partial charge < -0.3 is 10.3 Å². The lowest BCUT2D eigenvalue weighted by atomic mass is 9.86. The Kier molecular flexibility index (Phi) is 2.75. The fourth-order valence-corrected chi connectivity index (χ4v) is 3.39. The van der Waals surface area contributed by atoms with Gasteiger partial charge in [-0.2, -0.15) is 0 Å². The zero-order chi connectivity index (χ0) is 12.0. The maximum atomic E-state index is 5.83. The standard InChI is InChI=1S/C14H17BrN2/c1-17-13-4-2-9(8-16)6-11(13)12-7-10(15)3-5-14(12)17/h3,5,7,9H,2,4,6,8,16H2,1H3. The zero-order valence-electron chi connectivity index (χ0n) is 10.0. The van der Waals surface area contributed by atoms with Crippen LogP contribution in [0.4, 0.5) is 0 Å². The van der Waals surface area contributed by atoms with Crippen LogP contribution in [0, 0.1) is 5.92 Å². The van der Waals surface area contributed by atoms with E-state index >= 15 is 0 Å². The molecule has 0 aliphatic heterocycles. The molecule has 3 rings (SSSR count). The number of aryl methyl sites for hydroxylation is 1. The molecule has 1 aliphatic rings. The minimum Gasteiger partial charge on any atom is -0.347 e. The predicted molar refractivity (Wildman–Crippen MR) is 75.2 cm³/mol. The predicted octanol–water partition coefficient (Wildman–Crippen LogP) is 3.00. The number of benzene rings is 1. The molecule has 1 aliphatic carbocycles. The molecule has 1 unspecified atom stereocenters. The van der Waals surface area contributed by atoms with E-state index in [2.05, 4.69) is 45.7 Å². The van der Waals surface area contributed by atoms with Crippen molar-refractivity contribution in [1.82, 2.24) is 4.57 Å². The number of hydrogen-bond donors (Lipinski definition) is 1. The lowest BCUT2D eigenvalue weighted by Crippen LogP contribution is -2.22. The molecule has 2 nitrogen and oxygen atoms in total. The van der Waals surface area contributed by atoms with Crippen LogP contribution in [0.2, 0.25) is 0 Å². The van der Waals surface area contributed by atoms with Crippen LogP contribution in [-0.2, 0) is 19.9 Å². The summed E-state index contributed by atoms with van der Waals surface area (Å²) in [5.41, 5.74) is 10.2. The molecule has 0 saturated heterocycles. The van der Waals surface area contributed by atoms with E-state index in [1.54, 1.807) is 0 Å². The second kappa shape index (κ2) is 4.14. The summed E-state index contributed by atoms with van der Waals surface area (Å²) in [6, 6.07) is 6.57. The van der Waals surface area contributed by atoms with Gasteiger partial charge in [0.1, 0.15) is 0 Å². The summed E-state index contributed by atoms with van der Waals surface area (Å²) >= 11 is 3.57. The molecule has 0 radical (unpaired) electrons. The summed E-state index contributed by atoms with van der Waals surface area (Å²) in [7, 11) is 2.18. The molecule has 90 valence electrons. The van der Waals surface area contributed by atoms with E-state index in [0.29, 0.717) is 5.92 Å². The number of aromatic nitrogens is 1. The van der Waals surface area contributed by atoms with Crippen LogP contribution in [-0.4, -0.2) is 11.1 Å². The van der Waals surface area contributed by atoms with Gasteiger partial charge in [0.2, 0.25) is 0 Å². The summed E-state index contributed by atoms with van der Waals surface area (Å²) < 4.78 is 3.51. The van der Waals surface area contributed by atoms with Gasteiger partial charge in [-0.3, -0.25) is 0 Å². The molecule has 0 spiro atoms. The maximum Gasteiger partial charge on any atom is 0.0483 e. The van der Waals surface area contributed by atoms with Gasteiger partial charge in [0.05, 0.1) is 0 Å². The molecule has 1 heterocycles. The Hall–Kier alpha value is -0.800. The van der Waals surface area contributed by atoms with Gasteiger partial charge in [-0.15, -0.1) is 0 Å². The van der Waals surface area contributed by atoms with Crippen molar-refractivity contribution in [2.45, 2.75) is 19.3 Å². The number of rotatable bonds is 1. The molecule has 0 saturated carbocycles. The van der Waals surface area contributed by atoms with E-state index in [0.717, 1.165) is 17.4 Å². The van der Waals surface area contributed by atoms with Gasteiger partial charge in [-0.25, -0.2) is 0 Å². The number of nitrogens with zero attached hydrogens (tertiary/aromatic N) is 1. The SMILES string of the molecule is Cn1c2c(c3cc(Br)ccc31)CC(CN)CC2. The molecule has 2 N–H and O–H groups in total. The van der Waals surface area contributed by atoms with Gasteiger partial charge in [0, 0.05) is 28.1 Å². The zero-order valence-corrected chi connectivity index (χ0v) is 11.6. The topological polar surface area (TPSA) is 30.9 Å². The smallest absolute Gasteiger partial charge is 0.0483 e. The highest BCUT2D eigenvalue weighted by atomic mass is 79.9. The Morgan fingerprint density at radius 1 is 1.47 bits per heavy atom. The largest absolute Gasteiger partial charge is 0.347 e. The van der Waals surface area contributed by atoms with E-state index in [4.69, 9.17) is 5.73 Å². The van der Waals surface area contributed by atoms with Crippen molar-refractivity contribution < 1.29 is 0 Å². The van der Waals surface area contributed by atoms with Crippen molar-refractivity contribution >= 4 is 26.8 Å². The van der Waals surface area contributed by atoms with Gasteiger partial charge >= 0.3 is 0 Å². The highest BCUT2D eigenvalue weighted by Gasteiger charge is 2.23. The molecule has 17 heavy (non-hydrogen) atoms. The van der Waals surface area contributed by atoms with Crippen LogP contribution in [0.15, 0.2) is 22.7 Å². The minimum atomic E-state index is 0.659. The van der Waals surface area contributed by atoms with Crippen LogP contribution >= 0.6 is 15.9 Å².